The Balaban J connectivity index is 2.25. The highest BCUT2D eigenvalue weighted by Gasteiger charge is 2.03. The molecule has 0 heterocycles. The van der Waals surface area contributed by atoms with E-state index in [2.05, 4.69) is 37.3 Å². The van der Waals surface area contributed by atoms with Crippen molar-refractivity contribution in [1.29, 1.82) is 5.26 Å². The van der Waals surface area contributed by atoms with Crippen molar-refractivity contribution in [3.05, 3.63) is 58.6 Å². The first-order valence-electron chi connectivity index (χ1n) is 5.13. The summed E-state index contributed by atoms with van der Waals surface area (Å²) in [5.41, 5.74) is 1.82. The lowest BCUT2D eigenvalue weighted by Gasteiger charge is -2.04. The van der Waals surface area contributed by atoms with Gasteiger partial charge in [0.25, 0.3) is 0 Å². The minimum atomic E-state index is 0.586. The summed E-state index contributed by atoms with van der Waals surface area (Å²) in [5, 5.41) is 9.38. The molecule has 2 aromatic carbocycles. The zero-order chi connectivity index (χ0) is 12.3. The van der Waals surface area contributed by atoms with Gasteiger partial charge < -0.3 is 0 Å². The van der Waals surface area contributed by atoms with Gasteiger partial charge in [0.2, 0.25) is 0 Å². The SMILES string of the molecule is Cc1ccc(Sc2ccc(C#N)cc2Cl)cc1. The first-order chi connectivity index (χ1) is 8.19. The maximum atomic E-state index is 8.76. The molecular weight excluding hydrogens is 250 g/mol. The number of benzene rings is 2. The van der Waals surface area contributed by atoms with Crippen LogP contribution < -0.4 is 0 Å². The minimum Gasteiger partial charge on any atom is -0.192 e. The molecule has 0 fully saturated rings. The molecule has 2 aromatic rings. The highest BCUT2D eigenvalue weighted by atomic mass is 35.5. The van der Waals surface area contributed by atoms with Crippen LogP contribution in [0.1, 0.15) is 11.1 Å². The lowest BCUT2D eigenvalue weighted by Crippen LogP contribution is -1.79. The first kappa shape index (κ1) is 12.0. The smallest absolute Gasteiger partial charge is 0.0992 e. The predicted molar refractivity (Wildman–Crippen MR) is 71.5 cm³/mol. The molecule has 0 atom stereocenters. The fourth-order valence-corrected chi connectivity index (χ4v) is 2.50. The van der Waals surface area contributed by atoms with Crippen LogP contribution in [0.5, 0.6) is 0 Å². The summed E-state index contributed by atoms with van der Waals surface area (Å²) in [6.07, 6.45) is 0. The summed E-state index contributed by atoms with van der Waals surface area (Å²) in [7, 11) is 0. The second-order valence-corrected chi connectivity index (χ2v) is 5.19. The normalized spacial score (nSPS) is 9.94. The van der Waals surface area contributed by atoms with Gasteiger partial charge in [-0.05, 0) is 37.3 Å². The number of rotatable bonds is 2. The van der Waals surface area contributed by atoms with Crippen molar-refractivity contribution in [2.75, 3.05) is 0 Å². The Morgan fingerprint density at radius 1 is 1.12 bits per heavy atom. The molecule has 84 valence electrons. The molecule has 0 saturated carbocycles. The Labute approximate surface area is 110 Å². The van der Waals surface area contributed by atoms with E-state index in [4.69, 9.17) is 16.9 Å². The molecule has 3 heteroatoms. The molecule has 0 aliphatic carbocycles. The Hall–Kier alpha value is -1.43. The van der Waals surface area contributed by atoms with E-state index in [-0.39, 0.29) is 0 Å². The van der Waals surface area contributed by atoms with Crippen LogP contribution in [-0.2, 0) is 0 Å². The quantitative estimate of drug-likeness (QED) is 0.782. The van der Waals surface area contributed by atoms with E-state index in [1.165, 1.54) is 5.56 Å². The van der Waals surface area contributed by atoms with Crippen LogP contribution >= 0.6 is 23.4 Å². The molecule has 0 bridgehead atoms. The van der Waals surface area contributed by atoms with E-state index < -0.39 is 0 Å². The molecule has 17 heavy (non-hydrogen) atoms. The van der Waals surface area contributed by atoms with E-state index in [0.29, 0.717) is 10.6 Å². The van der Waals surface area contributed by atoms with Gasteiger partial charge in [0, 0.05) is 9.79 Å². The molecule has 0 unspecified atom stereocenters. The Morgan fingerprint density at radius 2 is 1.82 bits per heavy atom. The van der Waals surface area contributed by atoms with E-state index >= 15 is 0 Å². The number of nitriles is 1. The summed E-state index contributed by atoms with van der Waals surface area (Å²) in [4.78, 5) is 2.11. The molecule has 0 N–H and O–H groups in total. The van der Waals surface area contributed by atoms with Crippen molar-refractivity contribution >= 4 is 23.4 Å². The molecule has 0 aliphatic rings. The van der Waals surface area contributed by atoms with Crippen LogP contribution in [0.2, 0.25) is 5.02 Å². The number of nitrogens with zero attached hydrogens (tertiary/aromatic N) is 1. The topological polar surface area (TPSA) is 23.8 Å². The van der Waals surface area contributed by atoms with Gasteiger partial charge in [0.1, 0.15) is 0 Å². The Kier molecular flexibility index (Phi) is 3.73. The van der Waals surface area contributed by atoms with Gasteiger partial charge in [-0.25, -0.2) is 0 Å². The van der Waals surface area contributed by atoms with Crippen molar-refractivity contribution < 1.29 is 0 Å². The zero-order valence-corrected chi connectivity index (χ0v) is 10.8. The average molecular weight is 260 g/mol. The number of aryl methyl sites for hydroxylation is 1. The molecule has 0 aliphatic heterocycles. The largest absolute Gasteiger partial charge is 0.192 e. The highest BCUT2D eigenvalue weighted by Crippen LogP contribution is 2.33. The van der Waals surface area contributed by atoms with Crippen molar-refractivity contribution in [3.63, 3.8) is 0 Å². The summed E-state index contributed by atoms with van der Waals surface area (Å²) in [6.45, 7) is 2.06. The standard InChI is InChI=1S/C14H10ClNS/c1-10-2-5-12(6-3-10)17-14-7-4-11(9-16)8-13(14)15/h2-8H,1H3. The maximum Gasteiger partial charge on any atom is 0.0992 e. The van der Waals surface area contributed by atoms with Crippen LogP contribution in [0.3, 0.4) is 0 Å². The van der Waals surface area contributed by atoms with E-state index in [9.17, 15) is 0 Å². The van der Waals surface area contributed by atoms with E-state index in [1.54, 1.807) is 23.9 Å². The van der Waals surface area contributed by atoms with Gasteiger partial charge in [-0.15, -0.1) is 0 Å². The first-order valence-corrected chi connectivity index (χ1v) is 6.32. The zero-order valence-electron chi connectivity index (χ0n) is 9.27. The molecule has 0 radical (unpaired) electrons. The third-order valence-corrected chi connectivity index (χ3v) is 3.82. The number of hydrogen-bond donors (Lipinski definition) is 0. The second-order valence-electron chi connectivity index (χ2n) is 3.67. The summed E-state index contributed by atoms with van der Waals surface area (Å²) in [6, 6.07) is 15.7. The van der Waals surface area contributed by atoms with Gasteiger partial charge in [0.15, 0.2) is 0 Å². The number of halogens is 1. The van der Waals surface area contributed by atoms with E-state index in [0.717, 1.165) is 9.79 Å². The number of hydrogen-bond acceptors (Lipinski definition) is 2. The maximum absolute atomic E-state index is 8.76. The monoisotopic (exact) mass is 259 g/mol. The highest BCUT2D eigenvalue weighted by molar-refractivity contribution is 7.99. The van der Waals surface area contributed by atoms with Gasteiger partial charge in [-0.1, -0.05) is 41.1 Å². The molecule has 0 amide bonds. The van der Waals surface area contributed by atoms with E-state index in [1.807, 2.05) is 6.07 Å². The molecular formula is C14H10ClNS. The van der Waals surface area contributed by atoms with Crippen LogP contribution in [0, 0.1) is 18.3 Å². The van der Waals surface area contributed by atoms with Crippen molar-refractivity contribution in [2.45, 2.75) is 16.7 Å². The van der Waals surface area contributed by atoms with Gasteiger partial charge in [-0.3, -0.25) is 0 Å². The van der Waals surface area contributed by atoms with Crippen molar-refractivity contribution in [1.82, 2.24) is 0 Å². The lowest BCUT2D eigenvalue weighted by atomic mass is 10.2. The van der Waals surface area contributed by atoms with Crippen LogP contribution in [-0.4, -0.2) is 0 Å². The minimum absolute atomic E-state index is 0.586. The van der Waals surface area contributed by atoms with Crippen molar-refractivity contribution in [2.24, 2.45) is 0 Å². The summed E-state index contributed by atoms with van der Waals surface area (Å²) >= 11 is 7.72. The van der Waals surface area contributed by atoms with Gasteiger partial charge in [-0.2, -0.15) is 5.26 Å². The van der Waals surface area contributed by atoms with Gasteiger partial charge >= 0.3 is 0 Å². The molecule has 0 spiro atoms. The predicted octanol–water partition coefficient (Wildman–Crippen LogP) is 4.67. The molecule has 1 nitrogen and oxygen atoms in total. The third kappa shape index (κ3) is 3.03. The fraction of sp³-hybridized carbons (Fsp3) is 0.0714. The van der Waals surface area contributed by atoms with Crippen LogP contribution in [0.15, 0.2) is 52.3 Å². The Bertz CT molecular complexity index is 570. The lowest BCUT2D eigenvalue weighted by molar-refractivity contribution is 1.35. The second kappa shape index (κ2) is 5.27. The van der Waals surface area contributed by atoms with Crippen LogP contribution in [0.25, 0.3) is 0 Å². The van der Waals surface area contributed by atoms with Gasteiger partial charge in [0.05, 0.1) is 16.7 Å². The van der Waals surface area contributed by atoms with Crippen molar-refractivity contribution in [3.8, 4) is 6.07 Å². The van der Waals surface area contributed by atoms with Crippen LogP contribution in [0.4, 0.5) is 0 Å². The third-order valence-electron chi connectivity index (χ3n) is 2.31. The summed E-state index contributed by atoms with van der Waals surface area (Å²) in [5.74, 6) is 0. The average Bonchev–Trinajstić information content (AvgIpc) is 2.34. The molecule has 2 rings (SSSR count). The summed E-state index contributed by atoms with van der Waals surface area (Å²) < 4.78 is 0. The molecule has 0 aromatic heterocycles. The molecule has 0 saturated heterocycles. The fourth-order valence-electron chi connectivity index (χ4n) is 1.39. The Morgan fingerprint density at radius 3 is 2.41 bits per heavy atom.